The van der Waals surface area contributed by atoms with Crippen molar-refractivity contribution < 1.29 is 17.9 Å². The Morgan fingerprint density at radius 1 is 1.30 bits per heavy atom. The maximum absolute atomic E-state index is 11.9. The van der Waals surface area contributed by atoms with Crippen LogP contribution >= 0.6 is 23.2 Å². The van der Waals surface area contributed by atoms with Crippen molar-refractivity contribution in [3.05, 3.63) is 33.8 Å². The number of hydrogen-bond acceptors (Lipinski definition) is 4. The first-order chi connectivity index (χ1) is 10.7. The molecule has 1 aromatic rings. The average molecular weight is 383 g/mol. The van der Waals surface area contributed by atoms with Crippen molar-refractivity contribution in [2.45, 2.75) is 13.0 Å². The summed E-state index contributed by atoms with van der Waals surface area (Å²) < 4.78 is 29.7. The number of sulfonamides is 1. The molecule has 0 aliphatic rings. The summed E-state index contributed by atoms with van der Waals surface area (Å²) in [5, 5.41) is 3.38. The zero-order valence-electron chi connectivity index (χ0n) is 13.0. The molecule has 0 fully saturated rings. The molecular weight excluding hydrogens is 363 g/mol. The molecule has 1 aromatic carbocycles. The highest BCUT2D eigenvalue weighted by atomic mass is 35.5. The molecule has 0 spiro atoms. The molecule has 0 aliphatic heterocycles. The summed E-state index contributed by atoms with van der Waals surface area (Å²) in [4.78, 5) is 11.9. The molecule has 0 aromatic heterocycles. The number of halogens is 2. The number of nitrogens with one attached hydrogen (secondary N) is 1. The Hall–Kier alpha value is -0.860. The van der Waals surface area contributed by atoms with Gasteiger partial charge in [0, 0.05) is 26.8 Å². The number of rotatable bonds is 9. The number of methoxy groups -OCH3 is 1. The van der Waals surface area contributed by atoms with Gasteiger partial charge in [0.25, 0.3) is 0 Å². The van der Waals surface area contributed by atoms with Crippen LogP contribution in [0.4, 0.5) is 0 Å². The Kier molecular flexibility index (Phi) is 8.28. The predicted octanol–water partition coefficient (Wildman–Crippen LogP) is 1.91. The standard InChI is InChI=1S/C14H20Cl2N2O4S/c1-22-7-3-6-17-14(19)10-18(23(2,20)21)9-11-4-5-12(15)13(16)8-11/h4-5,8H,3,6-7,9-10H2,1-2H3,(H,17,19). The quantitative estimate of drug-likeness (QED) is 0.661. The Bertz CT molecular complexity index is 638. The fraction of sp³-hybridized carbons (Fsp3) is 0.500. The minimum absolute atomic E-state index is 0.0429. The van der Waals surface area contributed by atoms with Crippen LogP contribution in [0.2, 0.25) is 10.0 Å². The van der Waals surface area contributed by atoms with Crippen molar-refractivity contribution in [1.82, 2.24) is 9.62 Å². The lowest BCUT2D eigenvalue weighted by Gasteiger charge is -2.20. The number of carbonyl (C=O) groups excluding carboxylic acids is 1. The Labute approximate surface area is 146 Å². The van der Waals surface area contributed by atoms with Gasteiger partial charge in [-0.05, 0) is 24.1 Å². The van der Waals surface area contributed by atoms with Crippen LogP contribution in [0, 0.1) is 0 Å². The van der Waals surface area contributed by atoms with E-state index < -0.39 is 10.0 Å². The number of hydrogen-bond donors (Lipinski definition) is 1. The van der Waals surface area contributed by atoms with Gasteiger partial charge in [-0.25, -0.2) is 8.42 Å². The van der Waals surface area contributed by atoms with Crippen LogP contribution in [0.3, 0.4) is 0 Å². The van der Waals surface area contributed by atoms with Crippen molar-refractivity contribution in [2.24, 2.45) is 0 Å². The minimum Gasteiger partial charge on any atom is -0.385 e. The first-order valence-corrected chi connectivity index (χ1v) is 9.49. The van der Waals surface area contributed by atoms with Crippen LogP contribution in [0.15, 0.2) is 18.2 Å². The summed E-state index contributed by atoms with van der Waals surface area (Å²) in [5.74, 6) is -0.369. The van der Waals surface area contributed by atoms with Crippen molar-refractivity contribution >= 4 is 39.1 Å². The molecule has 1 rings (SSSR count). The molecule has 0 aliphatic carbocycles. The van der Waals surface area contributed by atoms with Gasteiger partial charge in [-0.1, -0.05) is 29.3 Å². The van der Waals surface area contributed by atoms with Crippen LogP contribution < -0.4 is 5.32 Å². The topological polar surface area (TPSA) is 75.7 Å². The summed E-state index contributed by atoms with van der Waals surface area (Å²) in [7, 11) is -1.97. The summed E-state index contributed by atoms with van der Waals surface area (Å²) in [6, 6.07) is 4.84. The maximum Gasteiger partial charge on any atom is 0.235 e. The molecule has 130 valence electrons. The highest BCUT2D eigenvalue weighted by Crippen LogP contribution is 2.23. The van der Waals surface area contributed by atoms with Crippen LogP contribution in [0.25, 0.3) is 0 Å². The van der Waals surface area contributed by atoms with Gasteiger partial charge in [0.2, 0.25) is 15.9 Å². The van der Waals surface area contributed by atoms with Gasteiger partial charge in [-0.3, -0.25) is 4.79 Å². The van der Waals surface area contributed by atoms with E-state index in [2.05, 4.69) is 5.32 Å². The first-order valence-electron chi connectivity index (χ1n) is 6.88. The molecule has 1 N–H and O–H groups in total. The Morgan fingerprint density at radius 2 is 2.00 bits per heavy atom. The van der Waals surface area contributed by atoms with E-state index in [4.69, 9.17) is 27.9 Å². The smallest absolute Gasteiger partial charge is 0.235 e. The Balaban J connectivity index is 2.70. The molecule has 0 atom stereocenters. The molecule has 1 amide bonds. The van der Waals surface area contributed by atoms with Gasteiger partial charge in [0.05, 0.1) is 22.8 Å². The number of ether oxygens (including phenoxy) is 1. The second kappa shape index (κ2) is 9.44. The van der Waals surface area contributed by atoms with Gasteiger partial charge < -0.3 is 10.1 Å². The lowest BCUT2D eigenvalue weighted by atomic mass is 10.2. The van der Waals surface area contributed by atoms with Crippen LogP contribution in [-0.2, 0) is 26.1 Å². The van der Waals surface area contributed by atoms with E-state index in [0.717, 1.165) is 10.6 Å². The molecular formula is C14H20Cl2N2O4S. The zero-order chi connectivity index (χ0) is 17.5. The second-order valence-electron chi connectivity index (χ2n) is 4.98. The lowest BCUT2D eigenvalue weighted by molar-refractivity contribution is -0.121. The highest BCUT2D eigenvalue weighted by Gasteiger charge is 2.20. The summed E-state index contributed by atoms with van der Waals surface area (Å²) >= 11 is 11.8. The van der Waals surface area contributed by atoms with E-state index in [0.29, 0.717) is 35.2 Å². The molecule has 0 saturated heterocycles. The summed E-state index contributed by atoms with van der Waals surface area (Å²) in [6.07, 6.45) is 1.72. The van der Waals surface area contributed by atoms with Crippen LogP contribution in [0.1, 0.15) is 12.0 Å². The van der Waals surface area contributed by atoms with Crippen molar-refractivity contribution in [3.8, 4) is 0 Å². The van der Waals surface area contributed by atoms with Crippen molar-refractivity contribution in [1.29, 1.82) is 0 Å². The molecule has 0 radical (unpaired) electrons. The third kappa shape index (κ3) is 7.50. The number of nitrogens with zero attached hydrogens (tertiary/aromatic N) is 1. The second-order valence-corrected chi connectivity index (χ2v) is 7.77. The zero-order valence-corrected chi connectivity index (χ0v) is 15.3. The third-order valence-electron chi connectivity index (χ3n) is 2.98. The fourth-order valence-corrected chi connectivity index (χ4v) is 2.85. The third-order valence-corrected chi connectivity index (χ3v) is 4.91. The van der Waals surface area contributed by atoms with Crippen LogP contribution in [0.5, 0.6) is 0 Å². The number of amides is 1. The van der Waals surface area contributed by atoms with E-state index >= 15 is 0 Å². The molecule has 0 saturated carbocycles. The molecule has 9 heteroatoms. The number of benzene rings is 1. The van der Waals surface area contributed by atoms with E-state index in [-0.39, 0.29) is 19.0 Å². The molecule has 0 heterocycles. The number of carbonyl (C=O) groups is 1. The maximum atomic E-state index is 11.9. The van der Waals surface area contributed by atoms with E-state index in [1.165, 1.54) is 0 Å². The lowest BCUT2D eigenvalue weighted by Crippen LogP contribution is -2.40. The van der Waals surface area contributed by atoms with Gasteiger partial charge in [0.15, 0.2) is 0 Å². The molecule has 0 bridgehead atoms. The average Bonchev–Trinajstić information content (AvgIpc) is 2.46. The predicted molar refractivity (Wildman–Crippen MR) is 91.2 cm³/mol. The summed E-state index contributed by atoms with van der Waals surface area (Å²) in [6.45, 7) is 0.740. The van der Waals surface area contributed by atoms with Gasteiger partial charge in [-0.2, -0.15) is 4.31 Å². The Morgan fingerprint density at radius 3 is 2.57 bits per heavy atom. The van der Waals surface area contributed by atoms with E-state index in [1.54, 1.807) is 25.3 Å². The van der Waals surface area contributed by atoms with Crippen molar-refractivity contribution in [2.75, 3.05) is 33.1 Å². The van der Waals surface area contributed by atoms with Crippen LogP contribution in [-0.4, -0.2) is 51.7 Å². The van der Waals surface area contributed by atoms with E-state index in [9.17, 15) is 13.2 Å². The summed E-state index contributed by atoms with van der Waals surface area (Å²) in [5.41, 5.74) is 0.650. The van der Waals surface area contributed by atoms with Gasteiger partial charge in [0.1, 0.15) is 0 Å². The first kappa shape index (κ1) is 20.2. The van der Waals surface area contributed by atoms with Gasteiger partial charge in [-0.15, -0.1) is 0 Å². The SMILES string of the molecule is COCCCNC(=O)CN(Cc1ccc(Cl)c(Cl)c1)S(C)(=O)=O. The van der Waals surface area contributed by atoms with Crippen molar-refractivity contribution in [3.63, 3.8) is 0 Å². The largest absolute Gasteiger partial charge is 0.385 e. The molecule has 6 nitrogen and oxygen atoms in total. The highest BCUT2D eigenvalue weighted by molar-refractivity contribution is 7.88. The van der Waals surface area contributed by atoms with E-state index in [1.807, 2.05) is 0 Å². The van der Waals surface area contributed by atoms with Gasteiger partial charge >= 0.3 is 0 Å². The monoisotopic (exact) mass is 382 g/mol. The minimum atomic E-state index is -3.54. The fourth-order valence-electron chi connectivity index (χ4n) is 1.79. The normalized spacial score (nSPS) is 11.7. The molecule has 23 heavy (non-hydrogen) atoms. The molecule has 0 unspecified atom stereocenters.